The molecule has 0 radical (unpaired) electrons. The first-order valence-corrected chi connectivity index (χ1v) is 5.37. The average molecular weight is 250 g/mol. The van der Waals surface area contributed by atoms with Crippen molar-refractivity contribution in [2.75, 3.05) is 32.6 Å². The van der Waals surface area contributed by atoms with Gasteiger partial charge in [-0.3, -0.25) is 4.79 Å². The fourth-order valence-electron chi connectivity index (χ4n) is 1.32. The Bertz CT molecular complexity index is 489. The van der Waals surface area contributed by atoms with Crippen molar-refractivity contribution in [2.45, 2.75) is 0 Å². The van der Waals surface area contributed by atoms with E-state index in [-0.39, 0.29) is 24.6 Å². The Balaban J connectivity index is 2.75. The summed E-state index contributed by atoms with van der Waals surface area (Å²) in [6, 6.07) is 4.23. The molecule has 2 N–H and O–H groups in total. The fourth-order valence-corrected chi connectivity index (χ4v) is 1.32. The van der Waals surface area contributed by atoms with Crippen molar-refractivity contribution in [3.63, 3.8) is 0 Å². The van der Waals surface area contributed by atoms with E-state index >= 15 is 0 Å². The van der Waals surface area contributed by atoms with Gasteiger partial charge in [0, 0.05) is 5.69 Å². The molecular weight excluding hydrogens is 235 g/mol. The van der Waals surface area contributed by atoms with E-state index < -0.39 is 5.82 Å². The van der Waals surface area contributed by atoms with E-state index in [2.05, 4.69) is 17.2 Å². The highest BCUT2D eigenvalue weighted by atomic mass is 19.1. The highest BCUT2D eigenvalue weighted by Gasteiger charge is 2.06. The van der Waals surface area contributed by atoms with Crippen LogP contribution in [0.25, 0.3) is 0 Å². The van der Waals surface area contributed by atoms with Crippen molar-refractivity contribution in [3.8, 4) is 11.8 Å². The van der Waals surface area contributed by atoms with E-state index in [0.717, 1.165) is 0 Å². The largest absolute Gasteiger partial charge is 0.384 e. The summed E-state index contributed by atoms with van der Waals surface area (Å²) in [5.41, 5.74) is 0.573. The number of nitrogens with zero attached hydrogens (tertiary/aromatic N) is 1. The quantitative estimate of drug-likeness (QED) is 0.775. The molecule has 0 aliphatic carbocycles. The molecule has 96 valence electrons. The maximum absolute atomic E-state index is 13.5. The van der Waals surface area contributed by atoms with Gasteiger partial charge in [-0.1, -0.05) is 11.8 Å². The number of nitrogens with one attached hydrogen (secondary N) is 1. The van der Waals surface area contributed by atoms with Crippen LogP contribution in [0.15, 0.2) is 18.2 Å². The van der Waals surface area contributed by atoms with E-state index in [1.165, 1.54) is 12.1 Å². The van der Waals surface area contributed by atoms with E-state index in [0.29, 0.717) is 5.69 Å². The van der Waals surface area contributed by atoms with E-state index in [1.54, 1.807) is 25.1 Å². The molecule has 0 aromatic heterocycles. The van der Waals surface area contributed by atoms with Gasteiger partial charge in [-0.2, -0.15) is 0 Å². The molecule has 0 spiro atoms. The second-order valence-electron chi connectivity index (χ2n) is 3.94. The highest BCUT2D eigenvalue weighted by Crippen LogP contribution is 2.13. The summed E-state index contributed by atoms with van der Waals surface area (Å²) in [5.74, 6) is 4.10. The summed E-state index contributed by atoms with van der Waals surface area (Å²) in [6.45, 7) is -0.0888. The Morgan fingerprint density at radius 1 is 1.50 bits per heavy atom. The van der Waals surface area contributed by atoms with Gasteiger partial charge in [-0.25, -0.2) is 4.39 Å². The van der Waals surface area contributed by atoms with Crippen LogP contribution in [0.2, 0.25) is 0 Å². The number of benzene rings is 1. The SMILES string of the molecule is CN(C)CC(=O)Nc1ccc(C#CCO)c(F)c1. The zero-order valence-corrected chi connectivity index (χ0v) is 10.3. The van der Waals surface area contributed by atoms with Gasteiger partial charge in [-0.05, 0) is 32.3 Å². The molecule has 0 atom stereocenters. The Kier molecular flexibility index (Phi) is 5.31. The first-order chi connectivity index (χ1) is 8.52. The third kappa shape index (κ3) is 4.53. The lowest BCUT2D eigenvalue weighted by Gasteiger charge is -2.10. The minimum Gasteiger partial charge on any atom is -0.384 e. The maximum atomic E-state index is 13.5. The molecule has 1 rings (SSSR count). The van der Waals surface area contributed by atoms with Gasteiger partial charge in [0.05, 0.1) is 12.1 Å². The van der Waals surface area contributed by atoms with Crippen LogP contribution in [0.4, 0.5) is 10.1 Å². The van der Waals surface area contributed by atoms with E-state index in [1.807, 2.05) is 0 Å². The first-order valence-electron chi connectivity index (χ1n) is 5.37. The van der Waals surface area contributed by atoms with E-state index in [9.17, 15) is 9.18 Å². The molecule has 0 saturated heterocycles. The molecule has 0 unspecified atom stereocenters. The summed E-state index contributed by atoms with van der Waals surface area (Å²) in [4.78, 5) is 13.2. The number of carbonyl (C=O) groups is 1. The molecule has 0 saturated carbocycles. The van der Waals surface area contributed by atoms with Gasteiger partial charge in [0.2, 0.25) is 5.91 Å². The predicted molar refractivity (Wildman–Crippen MR) is 67.5 cm³/mol. The number of aliphatic hydroxyl groups excluding tert-OH is 1. The molecule has 0 aliphatic heterocycles. The summed E-state index contributed by atoms with van der Waals surface area (Å²) in [5, 5.41) is 11.1. The van der Waals surface area contributed by atoms with Crippen LogP contribution >= 0.6 is 0 Å². The number of likely N-dealkylation sites (N-methyl/N-ethyl adjacent to an activating group) is 1. The molecule has 18 heavy (non-hydrogen) atoms. The molecule has 1 aromatic carbocycles. The van der Waals surface area contributed by atoms with Crippen LogP contribution in [0.3, 0.4) is 0 Å². The van der Waals surface area contributed by atoms with Gasteiger partial charge in [0.15, 0.2) is 0 Å². The zero-order valence-electron chi connectivity index (χ0n) is 10.3. The molecule has 0 fully saturated rings. The van der Waals surface area contributed by atoms with Crippen LogP contribution in [0.1, 0.15) is 5.56 Å². The molecule has 0 heterocycles. The molecule has 0 bridgehead atoms. The number of aliphatic hydroxyl groups is 1. The number of anilines is 1. The molecule has 1 amide bonds. The number of halogens is 1. The monoisotopic (exact) mass is 250 g/mol. The predicted octanol–water partition coefficient (Wildman–Crippen LogP) is 0.670. The van der Waals surface area contributed by atoms with Crippen molar-refractivity contribution in [1.29, 1.82) is 0 Å². The Hall–Kier alpha value is -1.90. The smallest absolute Gasteiger partial charge is 0.238 e. The van der Waals surface area contributed by atoms with Crippen LogP contribution < -0.4 is 5.32 Å². The van der Waals surface area contributed by atoms with Gasteiger partial charge >= 0.3 is 0 Å². The van der Waals surface area contributed by atoms with Gasteiger partial charge in [0.1, 0.15) is 12.4 Å². The van der Waals surface area contributed by atoms with Crippen molar-refractivity contribution in [1.82, 2.24) is 4.90 Å². The Labute approximate surface area is 105 Å². The summed E-state index contributed by atoms with van der Waals surface area (Å²) in [7, 11) is 3.54. The van der Waals surface area contributed by atoms with Crippen molar-refractivity contribution >= 4 is 11.6 Å². The molecular formula is C13H15FN2O2. The van der Waals surface area contributed by atoms with Crippen LogP contribution in [0, 0.1) is 17.7 Å². The molecule has 4 nitrogen and oxygen atoms in total. The minimum atomic E-state index is -0.529. The van der Waals surface area contributed by atoms with Gasteiger partial charge < -0.3 is 15.3 Å². The lowest BCUT2D eigenvalue weighted by Crippen LogP contribution is -2.27. The molecule has 1 aromatic rings. The average Bonchev–Trinajstić information content (AvgIpc) is 2.26. The number of amides is 1. The van der Waals surface area contributed by atoms with Gasteiger partial charge in [-0.15, -0.1) is 0 Å². The summed E-state index contributed by atoms with van der Waals surface area (Å²) >= 11 is 0. The Morgan fingerprint density at radius 3 is 2.78 bits per heavy atom. The number of carbonyl (C=O) groups excluding carboxylic acids is 1. The van der Waals surface area contributed by atoms with Crippen LogP contribution in [-0.4, -0.2) is 43.2 Å². The minimum absolute atomic E-state index is 0.189. The molecule has 5 heteroatoms. The lowest BCUT2D eigenvalue weighted by atomic mass is 10.2. The zero-order chi connectivity index (χ0) is 13.5. The van der Waals surface area contributed by atoms with Crippen molar-refractivity contribution in [3.05, 3.63) is 29.6 Å². The van der Waals surface area contributed by atoms with Crippen molar-refractivity contribution in [2.24, 2.45) is 0 Å². The fraction of sp³-hybridized carbons (Fsp3) is 0.308. The number of hydrogen-bond donors (Lipinski definition) is 2. The number of hydrogen-bond acceptors (Lipinski definition) is 3. The lowest BCUT2D eigenvalue weighted by molar-refractivity contribution is -0.116. The number of rotatable bonds is 3. The van der Waals surface area contributed by atoms with Crippen LogP contribution in [-0.2, 0) is 4.79 Å². The van der Waals surface area contributed by atoms with Crippen LogP contribution in [0.5, 0.6) is 0 Å². The third-order valence-electron chi connectivity index (χ3n) is 2.01. The second-order valence-corrected chi connectivity index (χ2v) is 3.94. The summed E-state index contributed by atoms with van der Waals surface area (Å²) in [6.07, 6.45) is 0. The van der Waals surface area contributed by atoms with E-state index in [4.69, 9.17) is 5.11 Å². The first kappa shape index (κ1) is 14.2. The van der Waals surface area contributed by atoms with Gasteiger partial charge in [0.25, 0.3) is 0 Å². The molecule has 0 aliphatic rings. The highest BCUT2D eigenvalue weighted by molar-refractivity contribution is 5.92. The topological polar surface area (TPSA) is 52.6 Å². The third-order valence-corrected chi connectivity index (χ3v) is 2.01. The second kappa shape index (κ2) is 6.74. The maximum Gasteiger partial charge on any atom is 0.238 e. The standard InChI is InChI=1S/C13H15FN2O2/c1-16(2)9-13(18)15-11-6-5-10(4-3-7-17)12(14)8-11/h5-6,8,17H,7,9H2,1-2H3,(H,15,18). The Morgan fingerprint density at radius 2 is 2.22 bits per heavy atom. The summed E-state index contributed by atoms with van der Waals surface area (Å²) < 4.78 is 13.5. The normalized spacial score (nSPS) is 9.83. The van der Waals surface area contributed by atoms with Crippen molar-refractivity contribution < 1.29 is 14.3 Å².